The summed E-state index contributed by atoms with van der Waals surface area (Å²) < 4.78 is 11.6. The van der Waals surface area contributed by atoms with E-state index in [0.717, 1.165) is 29.2 Å². The van der Waals surface area contributed by atoms with E-state index >= 15 is 0 Å². The topological polar surface area (TPSA) is 73.3 Å². The monoisotopic (exact) mass is 361 g/mol. The Hall–Kier alpha value is -2.15. The zero-order valence-corrected chi connectivity index (χ0v) is 15.8. The first-order chi connectivity index (χ1) is 11.8. The molecule has 0 fully saturated rings. The van der Waals surface area contributed by atoms with Gasteiger partial charge in [-0.3, -0.25) is 10.1 Å². The number of hydrogen-bond acceptors (Lipinski definition) is 6. The van der Waals surface area contributed by atoms with E-state index in [9.17, 15) is 4.79 Å². The molecule has 1 aliphatic heterocycles. The van der Waals surface area contributed by atoms with Gasteiger partial charge in [-0.25, -0.2) is 0 Å². The van der Waals surface area contributed by atoms with E-state index < -0.39 is 0 Å². The number of fused-ring (bicyclic) bond motifs is 1. The van der Waals surface area contributed by atoms with Gasteiger partial charge in [0.2, 0.25) is 5.13 Å². The molecule has 0 atom stereocenters. The number of nitrogens with zero attached hydrogens (tertiary/aromatic N) is 2. The number of aromatic nitrogens is 2. The van der Waals surface area contributed by atoms with Gasteiger partial charge in [0.05, 0.1) is 0 Å². The summed E-state index contributed by atoms with van der Waals surface area (Å²) in [6, 6.07) is 5.76. The second-order valence-corrected chi connectivity index (χ2v) is 8.28. The van der Waals surface area contributed by atoms with Crippen LogP contribution in [0.1, 0.15) is 38.3 Å². The number of anilines is 1. The molecule has 2 aromatic rings. The minimum Gasteiger partial charge on any atom is -0.483 e. The summed E-state index contributed by atoms with van der Waals surface area (Å²) in [5, 5.41) is 12.2. The van der Waals surface area contributed by atoms with Gasteiger partial charge in [-0.2, -0.15) is 0 Å². The molecule has 1 aliphatic rings. The third kappa shape index (κ3) is 4.48. The quantitative estimate of drug-likeness (QED) is 0.853. The highest BCUT2D eigenvalue weighted by Crippen LogP contribution is 2.41. The molecule has 0 bridgehead atoms. The van der Waals surface area contributed by atoms with E-state index in [2.05, 4.69) is 29.4 Å². The lowest BCUT2D eigenvalue weighted by atomic mass is 10.0. The number of nitrogens with one attached hydrogen (secondary N) is 1. The van der Waals surface area contributed by atoms with Crippen LogP contribution < -0.4 is 14.8 Å². The minimum atomic E-state index is -0.262. The fraction of sp³-hybridized carbons (Fsp3) is 0.500. The summed E-state index contributed by atoms with van der Waals surface area (Å²) in [5.74, 6) is 1.57. The maximum atomic E-state index is 12.1. The normalized spacial score (nSPS) is 14.9. The Kier molecular flexibility index (Phi) is 4.94. The third-order valence-electron chi connectivity index (χ3n) is 3.71. The van der Waals surface area contributed by atoms with Crippen molar-refractivity contribution in [1.29, 1.82) is 0 Å². The van der Waals surface area contributed by atoms with Crippen molar-refractivity contribution in [2.45, 2.75) is 46.1 Å². The van der Waals surface area contributed by atoms with Gasteiger partial charge in [-0.15, -0.1) is 10.2 Å². The Morgan fingerprint density at radius 1 is 1.40 bits per heavy atom. The van der Waals surface area contributed by atoms with E-state index in [1.807, 2.05) is 32.0 Å². The smallest absolute Gasteiger partial charge is 0.264 e. The van der Waals surface area contributed by atoms with Gasteiger partial charge in [-0.05, 0) is 25.8 Å². The van der Waals surface area contributed by atoms with E-state index in [1.54, 1.807) is 0 Å². The highest BCUT2D eigenvalue weighted by atomic mass is 32.1. The van der Waals surface area contributed by atoms with Crippen molar-refractivity contribution < 1.29 is 14.3 Å². The highest BCUT2D eigenvalue weighted by Gasteiger charge is 2.32. The molecular formula is C18H23N3O3S. The number of benzene rings is 1. The first kappa shape index (κ1) is 17.7. The summed E-state index contributed by atoms with van der Waals surface area (Å²) >= 11 is 1.40. The summed E-state index contributed by atoms with van der Waals surface area (Å²) in [5.41, 5.74) is 0.856. The molecule has 25 heavy (non-hydrogen) atoms. The maximum absolute atomic E-state index is 12.1. The van der Waals surface area contributed by atoms with Gasteiger partial charge in [0, 0.05) is 18.4 Å². The average molecular weight is 361 g/mol. The standard InChI is InChI=1S/C18H23N3O3S/c1-11(2)8-15-20-21-17(25-15)19-14(22)10-23-13-7-5-6-12-9-18(3,4)24-16(12)13/h5-7,11H,8-10H2,1-4H3,(H,19,21,22). The highest BCUT2D eigenvalue weighted by molar-refractivity contribution is 7.15. The Bertz CT molecular complexity index is 771. The first-order valence-electron chi connectivity index (χ1n) is 8.38. The van der Waals surface area contributed by atoms with Crippen LogP contribution in [0.4, 0.5) is 5.13 Å². The lowest BCUT2D eigenvalue weighted by Crippen LogP contribution is -2.25. The van der Waals surface area contributed by atoms with Gasteiger partial charge in [0.25, 0.3) is 5.91 Å². The minimum absolute atomic E-state index is 0.0979. The number of carbonyl (C=O) groups is 1. The number of carbonyl (C=O) groups excluding carboxylic acids is 1. The molecule has 1 aromatic carbocycles. The maximum Gasteiger partial charge on any atom is 0.264 e. The van der Waals surface area contributed by atoms with Crippen LogP contribution in [0.2, 0.25) is 0 Å². The van der Waals surface area contributed by atoms with Crippen molar-refractivity contribution in [2.24, 2.45) is 5.92 Å². The van der Waals surface area contributed by atoms with Crippen LogP contribution in [0.3, 0.4) is 0 Å². The summed E-state index contributed by atoms with van der Waals surface area (Å²) in [7, 11) is 0. The fourth-order valence-electron chi connectivity index (χ4n) is 2.74. The molecule has 0 unspecified atom stereocenters. The molecule has 1 amide bonds. The summed E-state index contributed by atoms with van der Waals surface area (Å²) in [6.07, 6.45) is 1.68. The van der Waals surface area contributed by atoms with E-state index in [1.165, 1.54) is 11.3 Å². The Morgan fingerprint density at radius 3 is 2.96 bits per heavy atom. The second kappa shape index (κ2) is 7.00. The lowest BCUT2D eigenvalue weighted by molar-refractivity contribution is -0.118. The molecule has 0 aliphatic carbocycles. The van der Waals surface area contributed by atoms with Crippen LogP contribution in [-0.2, 0) is 17.6 Å². The Morgan fingerprint density at radius 2 is 2.20 bits per heavy atom. The molecule has 1 N–H and O–H groups in total. The molecule has 3 rings (SSSR count). The summed E-state index contributed by atoms with van der Waals surface area (Å²) in [4.78, 5) is 12.1. The Labute approximate surface area is 151 Å². The molecule has 0 radical (unpaired) electrons. The van der Waals surface area contributed by atoms with Crippen LogP contribution in [0, 0.1) is 5.92 Å². The van der Waals surface area contributed by atoms with E-state index in [4.69, 9.17) is 9.47 Å². The molecule has 0 saturated carbocycles. The van der Waals surface area contributed by atoms with Crippen LogP contribution in [-0.4, -0.2) is 28.3 Å². The molecule has 7 heteroatoms. The van der Waals surface area contributed by atoms with Gasteiger partial charge < -0.3 is 9.47 Å². The predicted octanol–water partition coefficient (Wildman–Crippen LogP) is 3.47. The molecule has 2 heterocycles. The molecule has 0 saturated heterocycles. The van der Waals surface area contributed by atoms with Gasteiger partial charge in [-0.1, -0.05) is 37.3 Å². The van der Waals surface area contributed by atoms with Crippen LogP contribution in [0.5, 0.6) is 11.5 Å². The number of rotatable bonds is 6. The molecule has 134 valence electrons. The van der Waals surface area contributed by atoms with Crippen molar-refractivity contribution in [3.05, 3.63) is 28.8 Å². The van der Waals surface area contributed by atoms with Crippen molar-refractivity contribution in [1.82, 2.24) is 10.2 Å². The largest absolute Gasteiger partial charge is 0.483 e. The van der Waals surface area contributed by atoms with Crippen molar-refractivity contribution >= 4 is 22.4 Å². The molecule has 0 spiro atoms. The zero-order chi connectivity index (χ0) is 18.0. The summed E-state index contributed by atoms with van der Waals surface area (Å²) in [6.45, 7) is 8.21. The number of para-hydroxylation sites is 1. The SMILES string of the molecule is CC(C)Cc1nnc(NC(=O)COc2cccc3c2OC(C)(C)C3)s1. The fourth-order valence-corrected chi connectivity index (χ4v) is 3.70. The number of amides is 1. The molecule has 1 aromatic heterocycles. The van der Waals surface area contributed by atoms with E-state index in [-0.39, 0.29) is 18.1 Å². The number of hydrogen-bond donors (Lipinski definition) is 1. The third-order valence-corrected chi connectivity index (χ3v) is 4.57. The van der Waals surface area contributed by atoms with Crippen LogP contribution in [0.15, 0.2) is 18.2 Å². The van der Waals surface area contributed by atoms with Crippen molar-refractivity contribution in [2.75, 3.05) is 11.9 Å². The first-order valence-corrected chi connectivity index (χ1v) is 9.20. The van der Waals surface area contributed by atoms with Gasteiger partial charge >= 0.3 is 0 Å². The lowest BCUT2D eigenvalue weighted by Gasteiger charge is -2.18. The Balaban J connectivity index is 1.57. The van der Waals surface area contributed by atoms with Crippen molar-refractivity contribution in [3.8, 4) is 11.5 Å². The van der Waals surface area contributed by atoms with Gasteiger partial charge in [0.1, 0.15) is 10.6 Å². The number of ether oxygens (including phenoxy) is 2. The predicted molar refractivity (Wildman–Crippen MR) is 97.4 cm³/mol. The second-order valence-electron chi connectivity index (χ2n) is 7.22. The molecule has 6 nitrogen and oxygen atoms in total. The molecular weight excluding hydrogens is 338 g/mol. The van der Waals surface area contributed by atoms with Crippen molar-refractivity contribution in [3.63, 3.8) is 0 Å². The van der Waals surface area contributed by atoms with Crippen LogP contribution >= 0.6 is 11.3 Å². The zero-order valence-electron chi connectivity index (χ0n) is 15.0. The average Bonchev–Trinajstić information content (AvgIpc) is 3.06. The van der Waals surface area contributed by atoms with E-state index in [0.29, 0.717) is 16.8 Å². The van der Waals surface area contributed by atoms with Gasteiger partial charge in [0.15, 0.2) is 18.1 Å². The van der Waals surface area contributed by atoms with Crippen LogP contribution in [0.25, 0.3) is 0 Å².